The minimum Gasteiger partial charge on any atom is -0.465 e. The average molecular weight is 296 g/mol. The first kappa shape index (κ1) is 14.9. The number of esters is 1. The summed E-state index contributed by atoms with van der Waals surface area (Å²) in [6.07, 6.45) is -4.82. The Bertz CT molecular complexity index is 636. The van der Waals surface area contributed by atoms with Crippen molar-refractivity contribution in [3.8, 4) is 16.9 Å². The zero-order valence-corrected chi connectivity index (χ0v) is 11.0. The summed E-state index contributed by atoms with van der Waals surface area (Å²) in [7, 11) is 1.16. The van der Waals surface area contributed by atoms with Crippen LogP contribution < -0.4 is 4.74 Å². The van der Waals surface area contributed by atoms with Gasteiger partial charge in [0.2, 0.25) is 0 Å². The Morgan fingerprint density at radius 3 is 2.29 bits per heavy atom. The second kappa shape index (κ2) is 5.87. The predicted molar refractivity (Wildman–Crippen MR) is 69.9 cm³/mol. The molecule has 21 heavy (non-hydrogen) atoms. The van der Waals surface area contributed by atoms with Crippen LogP contribution in [0.15, 0.2) is 48.5 Å². The van der Waals surface area contributed by atoms with E-state index in [1.807, 2.05) is 0 Å². The summed E-state index contributed by atoms with van der Waals surface area (Å²) in [5, 5.41) is 0. The Kier molecular flexibility index (Phi) is 4.16. The van der Waals surface area contributed by atoms with E-state index in [0.717, 1.165) is 19.2 Å². The topological polar surface area (TPSA) is 35.5 Å². The molecule has 0 atom stereocenters. The van der Waals surface area contributed by atoms with Crippen LogP contribution in [0.4, 0.5) is 13.2 Å². The number of hydrogen-bond acceptors (Lipinski definition) is 3. The quantitative estimate of drug-likeness (QED) is 0.802. The molecular weight excluding hydrogens is 285 g/mol. The summed E-state index contributed by atoms with van der Waals surface area (Å²) in [6, 6.07) is 12.4. The number of rotatable bonds is 3. The molecule has 3 nitrogen and oxygen atoms in total. The van der Waals surface area contributed by atoms with Crippen molar-refractivity contribution < 1.29 is 27.4 Å². The van der Waals surface area contributed by atoms with Crippen molar-refractivity contribution >= 4 is 5.97 Å². The SMILES string of the molecule is COC(=O)c1cc(OC(F)(F)F)ccc1-c1ccccc1. The third-order valence-electron chi connectivity index (χ3n) is 2.71. The monoisotopic (exact) mass is 296 g/mol. The smallest absolute Gasteiger partial charge is 0.465 e. The Morgan fingerprint density at radius 2 is 1.71 bits per heavy atom. The van der Waals surface area contributed by atoms with E-state index in [1.54, 1.807) is 30.3 Å². The molecule has 0 saturated heterocycles. The molecule has 2 rings (SSSR count). The number of carbonyl (C=O) groups excluding carboxylic acids is 1. The van der Waals surface area contributed by atoms with Crippen molar-refractivity contribution in [2.45, 2.75) is 6.36 Å². The lowest BCUT2D eigenvalue weighted by atomic mass is 9.99. The van der Waals surface area contributed by atoms with Crippen LogP contribution >= 0.6 is 0 Å². The van der Waals surface area contributed by atoms with Crippen molar-refractivity contribution in [3.05, 3.63) is 54.1 Å². The van der Waals surface area contributed by atoms with Crippen LogP contribution in [-0.4, -0.2) is 19.4 Å². The zero-order valence-electron chi connectivity index (χ0n) is 11.0. The lowest BCUT2D eigenvalue weighted by Crippen LogP contribution is -2.17. The number of alkyl halides is 3. The summed E-state index contributed by atoms with van der Waals surface area (Å²) in [6.45, 7) is 0. The van der Waals surface area contributed by atoms with Crippen LogP contribution in [0.1, 0.15) is 10.4 Å². The Morgan fingerprint density at radius 1 is 1.05 bits per heavy atom. The predicted octanol–water partition coefficient (Wildman–Crippen LogP) is 4.04. The van der Waals surface area contributed by atoms with Gasteiger partial charge in [-0.05, 0) is 29.3 Å². The molecule has 0 spiro atoms. The molecule has 110 valence electrons. The van der Waals surface area contributed by atoms with Gasteiger partial charge in [0.05, 0.1) is 12.7 Å². The van der Waals surface area contributed by atoms with Gasteiger partial charge in [-0.3, -0.25) is 0 Å². The minimum atomic E-state index is -4.82. The molecule has 0 N–H and O–H groups in total. The first-order valence-electron chi connectivity index (χ1n) is 5.94. The standard InChI is InChI=1S/C15H11F3O3/c1-20-14(19)13-9-11(21-15(16,17)18)7-8-12(13)10-5-3-2-4-6-10/h2-9H,1H3. The maximum absolute atomic E-state index is 12.2. The summed E-state index contributed by atoms with van der Waals surface area (Å²) >= 11 is 0. The number of halogens is 3. The molecule has 0 bridgehead atoms. The maximum atomic E-state index is 12.2. The number of ether oxygens (including phenoxy) is 2. The number of carbonyl (C=O) groups is 1. The number of benzene rings is 2. The summed E-state index contributed by atoms with van der Waals surface area (Å²) in [4.78, 5) is 11.8. The lowest BCUT2D eigenvalue weighted by Gasteiger charge is -2.13. The fourth-order valence-corrected chi connectivity index (χ4v) is 1.87. The zero-order chi connectivity index (χ0) is 15.5. The molecular formula is C15H11F3O3. The van der Waals surface area contributed by atoms with Crippen molar-refractivity contribution in [2.75, 3.05) is 7.11 Å². The number of methoxy groups -OCH3 is 1. The fourth-order valence-electron chi connectivity index (χ4n) is 1.87. The van der Waals surface area contributed by atoms with Gasteiger partial charge in [0, 0.05) is 0 Å². The van der Waals surface area contributed by atoms with Crippen molar-refractivity contribution in [2.24, 2.45) is 0 Å². The van der Waals surface area contributed by atoms with E-state index in [1.165, 1.54) is 6.07 Å². The molecule has 0 aliphatic carbocycles. The second-order valence-electron chi connectivity index (χ2n) is 4.11. The molecule has 0 aliphatic heterocycles. The molecule has 0 fully saturated rings. The van der Waals surface area contributed by atoms with E-state index in [9.17, 15) is 18.0 Å². The second-order valence-corrected chi connectivity index (χ2v) is 4.11. The van der Waals surface area contributed by atoms with Gasteiger partial charge in [-0.1, -0.05) is 30.3 Å². The molecule has 6 heteroatoms. The Balaban J connectivity index is 2.49. The highest BCUT2D eigenvalue weighted by Crippen LogP contribution is 2.30. The molecule has 0 saturated carbocycles. The summed E-state index contributed by atoms with van der Waals surface area (Å²) in [5.74, 6) is -1.20. The highest BCUT2D eigenvalue weighted by Gasteiger charge is 2.31. The van der Waals surface area contributed by atoms with Crippen LogP contribution in [0.2, 0.25) is 0 Å². The van der Waals surface area contributed by atoms with E-state index < -0.39 is 18.1 Å². The van der Waals surface area contributed by atoms with Crippen molar-refractivity contribution in [3.63, 3.8) is 0 Å². The van der Waals surface area contributed by atoms with Crippen LogP contribution in [0, 0.1) is 0 Å². The summed E-state index contributed by atoms with van der Waals surface area (Å²) < 4.78 is 45.2. The highest BCUT2D eigenvalue weighted by molar-refractivity contribution is 5.97. The fraction of sp³-hybridized carbons (Fsp3) is 0.133. The van der Waals surface area contributed by atoms with Gasteiger partial charge in [0.15, 0.2) is 0 Å². The molecule has 2 aromatic carbocycles. The van der Waals surface area contributed by atoms with Gasteiger partial charge in [-0.15, -0.1) is 13.2 Å². The average Bonchev–Trinajstić information content (AvgIpc) is 2.45. The first-order valence-corrected chi connectivity index (χ1v) is 5.94. The van der Waals surface area contributed by atoms with Gasteiger partial charge in [-0.25, -0.2) is 4.79 Å². The van der Waals surface area contributed by atoms with Gasteiger partial charge in [-0.2, -0.15) is 0 Å². The van der Waals surface area contributed by atoms with E-state index in [0.29, 0.717) is 11.1 Å². The van der Waals surface area contributed by atoms with Gasteiger partial charge in [0.1, 0.15) is 5.75 Å². The molecule has 0 unspecified atom stereocenters. The Labute approximate surface area is 118 Å². The molecule has 0 radical (unpaired) electrons. The summed E-state index contributed by atoms with van der Waals surface area (Å²) in [5.41, 5.74) is 1.17. The van der Waals surface area contributed by atoms with E-state index in [4.69, 9.17) is 0 Å². The van der Waals surface area contributed by atoms with E-state index in [-0.39, 0.29) is 5.56 Å². The van der Waals surface area contributed by atoms with Crippen LogP contribution in [0.3, 0.4) is 0 Å². The van der Waals surface area contributed by atoms with Crippen LogP contribution in [0.5, 0.6) is 5.75 Å². The Hall–Kier alpha value is -2.50. The molecule has 2 aromatic rings. The largest absolute Gasteiger partial charge is 0.573 e. The maximum Gasteiger partial charge on any atom is 0.573 e. The first-order chi connectivity index (χ1) is 9.90. The van der Waals surface area contributed by atoms with E-state index >= 15 is 0 Å². The van der Waals surface area contributed by atoms with Crippen molar-refractivity contribution in [1.29, 1.82) is 0 Å². The normalized spacial score (nSPS) is 11.0. The van der Waals surface area contributed by atoms with Gasteiger partial charge < -0.3 is 9.47 Å². The molecule has 0 amide bonds. The third kappa shape index (κ3) is 3.75. The van der Waals surface area contributed by atoms with E-state index in [2.05, 4.69) is 9.47 Å². The van der Waals surface area contributed by atoms with Gasteiger partial charge in [0.25, 0.3) is 0 Å². The third-order valence-corrected chi connectivity index (χ3v) is 2.71. The van der Waals surface area contributed by atoms with Crippen LogP contribution in [0.25, 0.3) is 11.1 Å². The highest BCUT2D eigenvalue weighted by atomic mass is 19.4. The van der Waals surface area contributed by atoms with Crippen molar-refractivity contribution in [1.82, 2.24) is 0 Å². The van der Waals surface area contributed by atoms with Crippen LogP contribution in [-0.2, 0) is 4.74 Å². The molecule has 0 aromatic heterocycles. The van der Waals surface area contributed by atoms with Gasteiger partial charge >= 0.3 is 12.3 Å². The lowest BCUT2D eigenvalue weighted by molar-refractivity contribution is -0.274. The molecule has 0 aliphatic rings. The minimum absolute atomic E-state index is 0.00505. The number of hydrogen-bond donors (Lipinski definition) is 0. The molecule has 0 heterocycles.